The molecule has 0 saturated carbocycles. The summed E-state index contributed by atoms with van der Waals surface area (Å²) in [7, 11) is 0. The Morgan fingerprint density at radius 2 is 0.803 bits per heavy atom. The largest absolute Gasteiger partial charge is 0.309 e. The second-order valence-electron chi connectivity index (χ2n) is 15.7. The molecule has 284 valence electrons. The van der Waals surface area contributed by atoms with Gasteiger partial charge in [0.25, 0.3) is 0 Å². The maximum absolute atomic E-state index is 5.23. The van der Waals surface area contributed by atoms with Crippen LogP contribution in [0.25, 0.3) is 116 Å². The minimum Gasteiger partial charge on any atom is -0.309 e. The van der Waals surface area contributed by atoms with Crippen LogP contribution in [0.5, 0.6) is 0 Å². The molecule has 12 aromatic rings. The molecule has 0 unspecified atom stereocenters. The quantitative estimate of drug-likeness (QED) is 0.124. The predicted octanol–water partition coefficient (Wildman–Crippen LogP) is 15.4. The third-order valence-corrected chi connectivity index (χ3v) is 12.2. The van der Waals surface area contributed by atoms with E-state index in [1.165, 1.54) is 65.3 Å². The standard InChI is InChI=1S/C58H37N3/c1-4-17-40(18-5-1)56-49-26-13-12-25-48(49)55(50-35-32-38-16-10-11-23-45(38)57(50)56)41-30-28-39(29-31-41)51-37-52(60-58(59-51)42-19-6-2-7-20-42)43-33-34-47-46-24-14-15-27-53(46)61(54(47)36-43)44-21-8-3-9-22-44/h1-37H. The monoisotopic (exact) mass is 775 g/mol. The second kappa shape index (κ2) is 14.3. The number of benzene rings is 10. The van der Waals surface area contributed by atoms with Crippen LogP contribution < -0.4 is 0 Å². The van der Waals surface area contributed by atoms with Crippen LogP contribution in [0.4, 0.5) is 0 Å². The fourth-order valence-electron chi connectivity index (χ4n) is 9.42. The lowest BCUT2D eigenvalue weighted by atomic mass is 9.84. The Hall–Kier alpha value is -8.14. The van der Waals surface area contributed by atoms with Crippen molar-refractivity contribution in [1.29, 1.82) is 0 Å². The van der Waals surface area contributed by atoms with Crippen LogP contribution in [0.2, 0.25) is 0 Å². The molecule has 12 rings (SSSR count). The van der Waals surface area contributed by atoms with Crippen molar-refractivity contribution in [2.75, 3.05) is 0 Å². The average Bonchev–Trinajstić information content (AvgIpc) is 3.67. The molecule has 0 atom stereocenters. The van der Waals surface area contributed by atoms with E-state index in [2.05, 4.69) is 211 Å². The van der Waals surface area contributed by atoms with Crippen LogP contribution in [-0.4, -0.2) is 14.5 Å². The number of hydrogen-bond donors (Lipinski definition) is 0. The number of rotatable bonds is 6. The number of fused-ring (bicyclic) bond motifs is 7. The average molecular weight is 776 g/mol. The van der Waals surface area contributed by atoms with Crippen LogP contribution in [0.15, 0.2) is 224 Å². The SMILES string of the molecule is c1ccc(-c2nc(-c3ccc(-c4c5ccccc5c(-c5ccccc5)c5c4ccc4ccccc45)cc3)cc(-c3ccc4c5ccccc5n(-c5ccccc5)c4c3)n2)cc1. The van der Waals surface area contributed by atoms with Crippen molar-refractivity contribution in [3.05, 3.63) is 224 Å². The minimum atomic E-state index is 0.696. The Morgan fingerprint density at radius 1 is 0.295 bits per heavy atom. The summed E-state index contributed by atoms with van der Waals surface area (Å²) >= 11 is 0. The molecule has 0 amide bonds. The normalized spacial score (nSPS) is 11.6. The van der Waals surface area contributed by atoms with Gasteiger partial charge >= 0.3 is 0 Å². The maximum atomic E-state index is 5.23. The van der Waals surface area contributed by atoms with Gasteiger partial charge in [0.15, 0.2) is 5.82 Å². The van der Waals surface area contributed by atoms with E-state index in [1.807, 2.05) is 18.2 Å². The molecule has 0 aliphatic rings. The third kappa shape index (κ3) is 5.82. The fourth-order valence-corrected chi connectivity index (χ4v) is 9.42. The second-order valence-corrected chi connectivity index (χ2v) is 15.7. The highest BCUT2D eigenvalue weighted by atomic mass is 15.0. The van der Waals surface area contributed by atoms with E-state index in [0.717, 1.165) is 44.8 Å². The van der Waals surface area contributed by atoms with E-state index >= 15 is 0 Å². The zero-order valence-corrected chi connectivity index (χ0v) is 33.2. The van der Waals surface area contributed by atoms with Crippen molar-refractivity contribution in [2.24, 2.45) is 0 Å². The molecule has 0 radical (unpaired) electrons. The Balaban J connectivity index is 1.04. The lowest BCUT2D eigenvalue weighted by Gasteiger charge is -2.19. The summed E-state index contributed by atoms with van der Waals surface area (Å²) in [5, 5.41) is 9.92. The first-order chi connectivity index (χ1) is 30.3. The van der Waals surface area contributed by atoms with Crippen LogP contribution in [0, 0.1) is 0 Å². The van der Waals surface area contributed by atoms with E-state index < -0.39 is 0 Å². The predicted molar refractivity (Wildman–Crippen MR) is 256 cm³/mol. The molecule has 61 heavy (non-hydrogen) atoms. The van der Waals surface area contributed by atoms with Gasteiger partial charge in [-0.05, 0) is 84.9 Å². The molecule has 0 aliphatic carbocycles. The molecule has 3 heteroatoms. The van der Waals surface area contributed by atoms with Gasteiger partial charge in [0.05, 0.1) is 22.4 Å². The summed E-state index contributed by atoms with van der Waals surface area (Å²) in [6.07, 6.45) is 0. The Kier molecular flexibility index (Phi) is 8.17. The molecule has 10 aromatic carbocycles. The van der Waals surface area contributed by atoms with E-state index in [0.29, 0.717) is 5.82 Å². The Bertz CT molecular complexity index is 3610. The van der Waals surface area contributed by atoms with Crippen LogP contribution in [-0.2, 0) is 0 Å². The molecule has 0 N–H and O–H groups in total. The lowest BCUT2D eigenvalue weighted by Crippen LogP contribution is -1.97. The molecule has 0 spiro atoms. The van der Waals surface area contributed by atoms with Gasteiger partial charge in [0.1, 0.15) is 0 Å². The van der Waals surface area contributed by atoms with E-state index in [4.69, 9.17) is 9.97 Å². The summed E-state index contributed by atoms with van der Waals surface area (Å²) in [5.41, 5.74) is 13.1. The van der Waals surface area contributed by atoms with Crippen molar-refractivity contribution in [3.63, 3.8) is 0 Å². The number of nitrogens with zero attached hydrogens (tertiary/aromatic N) is 3. The van der Waals surface area contributed by atoms with Crippen LogP contribution in [0.3, 0.4) is 0 Å². The van der Waals surface area contributed by atoms with Gasteiger partial charge in [0.2, 0.25) is 0 Å². The zero-order valence-electron chi connectivity index (χ0n) is 33.2. The summed E-state index contributed by atoms with van der Waals surface area (Å²) in [6, 6.07) is 80.4. The molecule has 2 aromatic heterocycles. The molecule has 3 nitrogen and oxygen atoms in total. The van der Waals surface area contributed by atoms with Crippen molar-refractivity contribution >= 4 is 54.1 Å². The third-order valence-electron chi connectivity index (χ3n) is 12.2. The van der Waals surface area contributed by atoms with Gasteiger partial charge in [-0.25, -0.2) is 9.97 Å². The molecule has 0 fully saturated rings. The summed E-state index contributed by atoms with van der Waals surface area (Å²) < 4.78 is 2.36. The minimum absolute atomic E-state index is 0.696. The number of para-hydroxylation sites is 2. The Morgan fingerprint density at radius 3 is 1.54 bits per heavy atom. The highest BCUT2D eigenvalue weighted by Crippen LogP contribution is 2.46. The molecule has 2 heterocycles. The highest BCUT2D eigenvalue weighted by Gasteiger charge is 2.20. The Labute approximate surface area is 353 Å². The molecule has 0 saturated heterocycles. The topological polar surface area (TPSA) is 30.7 Å². The first-order valence-electron chi connectivity index (χ1n) is 20.8. The van der Waals surface area contributed by atoms with Gasteiger partial charge < -0.3 is 4.57 Å². The first-order valence-corrected chi connectivity index (χ1v) is 20.8. The molecular weight excluding hydrogens is 739 g/mol. The van der Waals surface area contributed by atoms with Gasteiger partial charge in [-0.2, -0.15) is 0 Å². The van der Waals surface area contributed by atoms with Crippen molar-refractivity contribution in [3.8, 4) is 61.8 Å². The van der Waals surface area contributed by atoms with Crippen molar-refractivity contribution in [2.45, 2.75) is 0 Å². The smallest absolute Gasteiger partial charge is 0.160 e. The van der Waals surface area contributed by atoms with E-state index in [1.54, 1.807) is 0 Å². The molecule has 0 aliphatic heterocycles. The number of aromatic nitrogens is 3. The summed E-state index contributed by atoms with van der Waals surface area (Å²) in [5.74, 6) is 0.696. The van der Waals surface area contributed by atoms with Gasteiger partial charge in [0, 0.05) is 33.2 Å². The van der Waals surface area contributed by atoms with Crippen molar-refractivity contribution < 1.29 is 0 Å². The lowest BCUT2D eigenvalue weighted by molar-refractivity contribution is 1.17. The van der Waals surface area contributed by atoms with Crippen LogP contribution >= 0.6 is 0 Å². The van der Waals surface area contributed by atoms with Gasteiger partial charge in [-0.15, -0.1) is 0 Å². The highest BCUT2D eigenvalue weighted by molar-refractivity contribution is 6.28. The van der Waals surface area contributed by atoms with E-state index in [-0.39, 0.29) is 0 Å². The summed E-state index contributed by atoms with van der Waals surface area (Å²) in [4.78, 5) is 10.5. The van der Waals surface area contributed by atoms with E-state index in [9.17, 15) is 0 Å². The maximum Gasteiger partial charge on any atom is 0.160 e. The zero-order chi connectivity index (χ0) is 40.3. The number of hydrogen-bond acceptors (Lipinski definition) is 2. The van der Waals surface area contributed by atoms with Gasteiger partial charge in [-0.1, -0.05) is 194 Å². The molecular formula is C58H37N3. The van der Waals surface area contributed by atoms with Crippen molar-refractivity contribution in [1.82, 2.24) is 14.5 Å². The molecule has 0 bridgehead atoms. The fraction of sp³-hybridized carbons (Fsp3) is 0. The first kappa shape index (κ1) is 34.9. The van der Waals surface area contributed by atoms with Gasteiger partial charge in [-0.3, -0.25) is 0 Å². The summed E-state index contributed by atoms with van der Waals surface area (Å²) in [6.45, 7) is 0. The van der Waals surface area contributed by atoms with Crippen LogP contribution in [0.1, 0.15) is 0 Å².